The van der Waals surface area contributed by atoms with Crippen molar-refractivity contribution in [3.05, 3.63) is 76.5 Å². The largest absolute Gasteiger partial charge is 0.494 e. The van der Waals surface area contributed by atoms with Crippen molar-refractivity contribution in [3.63, 3.8) is 0 Å². The molecule has 0 saturated carbocycles. The topological polar surface area (TPSA) is 137 Å². The molecule has 2 aromatic rings. The van der Waals surface area contributed by atoms with Crippen molar-refractivity contribution in [1.82, 2.24) is 19.8 Å². The SMILES string of the molecule is Cc1cc2ccc1CCS(=O)(=O)N1CCC3(CC1)N=C(NC3=O)c1cc(cc(C(F)(F)F)c1)OCCC/C=C\NC(=O)CN(C)C2=O. The second-order valence-electron chi connectivity index (χ2n) is 11.9. The first kappa shape index (κ1) is 34.1. The molecule has 252 valence electrons. The molecular weight excluding hydrogens is 639 g/mol. The number of piperidine rings is 1. The Morgan fingerprint density at radius 2 is 1.77 bits per heavy atom. The Kier molecular flexibility index (Phi) is 9.78. The van der Waals surface area contributed by atoms with E-state index in [4.69, 9.17) is 4.74 Å². The molecule has 1 fully saturated rings. The van der Waals surface area contributed by atoms with Crippen LogP contribution in [0.15, 0.2) is 53.7 Å². The molecule has 2 aromatic carbocycles. The van der Waals surface area contributed by atoms with Crippen molar-refractivity contribution in [2.75, 3.05) is 39.0 Å². The summed E-state index contributed by atoms with van der Waals surface area (Å²) in [5.74, 6) is -1.57. The Bertz CT molecular complexity index is 1730. The lowest BCUT2D eigenvalue weighted by Gasteiger charge is -2.34. The fraction of sp³-hybridized carbons (Fsp3) is 0.438. The molecular formula is C32H36F3N5O6S. The first-order valence-electron chi connectivity index (χ1n) is 15.2. The van der Waals surface area contributed by atoms with Gasteiger partial charge in [0.1, 0.15) is 17.1 Å². The van der Waals surface area contributed by atoms with Crippen LogP contribution in [-0.2, 0) is 32.2 Å². The lowest BCUT2D eigenvalue weighted by atomic mass is 9.89. The number of alkyl halides is 3. The highest BCUT2D eigenvalue weighted by molar-refractivity contribution is 7.89. The van der Waals surface area contributed by atoms with Crippen LogP contribution in [0.4, 0.5) is 13.2 Å². The summed E-state index contributed by atoms with van der Waals surface area (Å²) in [4.78, 5) is 44.3. The van der Waals surface area contributed by atoms with E-state index >= 15 is 0 Å². The van der Waals surface area contributed by atoms with Crippen molar-refractivity contribution < 1.29 is 40.7 Å². The molecule has 1 spiro atoms. The fourth-order valence-corrected chi connectivity index (χ4v) is 7.24. The second-order valence-corrected chi connectivity index (χ2v) is 14.0. The van der Waals surface area contributed by atoms with Crippen LogP contribution < -0.4 is 15.4 Å². The first-order chi connectivity index (χ1) is 22.2. The molecule has 5 aliphatic rings. The lowest BCUT2D eigenvalue weighted by molar-refractivity contribution is -0.137. The summed E-state index contributed by atoms with van der Waals surface area (Å²) >= 11 is 0. The van der Waals surface area contributed by atoms with Crippen LogP contribution >= 0.6 is 0 Å². The van der Waals surface area contributed by atoms with Gasteiger partial charge in [-0.3, -0.25) is 19.4 Å². The van der Waals surface area contributed by atoms with Gasteiger partial charge < -0.3 is 20.3 Å². The van der Waals surface area contributed by atoms with Gasteiger partial charge in [-0.05, 0) is 86.7 Å². The van der Waals surface area contributed by atoms with E-state index in [2.05, 4.69) is 15.6 Å². The monoisotopic (exact) mass is 675 g/mol. The third-order valence-electron chi connectivity index (χ3n) is 8.52. The Morgan fingerprint density at radius 1 is 1.02 bits per heavy atom. The third-order valence-corrected chi connectivity index (χ3v) is 10.4. The van der Waals surface area contributed by atoms with E-state index in [9.17, 15) is 36.0 Å². The van der Waals surface area contributed by atoms with E-state index in [0.29, 0.717) is 18.4 Å². The number of halogens is 3. The summed E-state index contributed by atoms with van der Waals surface area (Å²) in [6, 6.07) is 8.12. The van der Waals surface area contributed by atoms with E-state index < -0.39 is 39.1 Å². The number of amides is 3. The molecule has 11 nitrogen and oxygen atoms in total. The van der Waals surface area contributed by atoms with Gasteiger partial charge >= 0.3 is 6.18 Å². The van der Waals surface area contributed by atoms with Crippen molar-refractivity contribution in [2.45, 2.75) is 50.7 Å². The number of benzene rings is 2. The summed E-state index contributed by atoms with van der Waals surface area (Å²) in [6.45, 7) is 1.69. The molecule has 15 heteroatoms. The average Bonchev–Trinajstić information content (AvgIpc) is 3.33. The van der Waals surface area contributed by atoms with Crippen molar-refractivity contribution in [2.24, 2.45) is 4.99 Å². The number of aryl methyl sites for hydroxylation is 2. The lowest BCUT2D eigenvalue weighted by Crippen LogP contribution is -2.50. The quantitative estimate of drug-likeness (QED) is 0.440. The van der Waals surface area contributed by atoms with Gasteiger partial charge in [-0.1, -0.05) is 12.1 Å². The minimum Gasteiger partial charge on any atom is -0.494 e. The van der Waals surface area contributed by atoms with Gasteiger partial charge in [-0.25, -0.2) is 12.7 Å². The summed E-state index contributed by atoms with van der Waals surface area (Å²) in [5.41, 5.74) is -0.401. The van der Waals surface area contributed by atoms with E-state index in [-0.39, 0.29) is 74.3 Å². The molecule has 0 radical (unpaired) electrons. The number of carbonyl (C=O) groups is 3. The maximum Gasteiger partial charge on any atom is 0.416 e. The number of likely N-dealkylation sites (N-methyl/N-ethyl adjacent to an activating group) is 1. The molecule has 0 aliphatic carbocycles. The number of fused-ring (bicyclic) bond motifs is 2. The minimum absolute atomic E-state index is 0.0181. The van der Waals surface area contributed by atoms with Gasteiger partial charge in [0.25, 0.3) is 11.8 Å². The zero-order chi connectivity index (χ0) is 34.0. The maximum atomic E-state index is 13.8. The van der Waals surface area contributed by atoms with E-state index in [1.165, 1.54) is 28.5 Å². The predicted octanol–water partition coefficient (Wildman–Crippen LogP) is 3.17. The highest BCUT2D eigenvalue weighted by atomic mass is 32.2. The predicted molar refractivity (Wildman–Crippen MR) is 167 cm³/mol. The first-order valence-corrected chi connectivity index (χ1v) is 16.8. The van der Waals surface area contributed by atoms with Gasteiger partial charge in [0.15, 0.2) is 0 Å². The Hall–Kier alpha value is -4.24. The van der Waals surface area contributed by atoms with Crippen LogP contribution in [0, 0.1) is 6.92 Å². The van der Waals surface area contributed by atoms with Crippen molar-refractivity contribution in [1.29, 1.82) is 0 Å². The second kappa shape index (κ2) is 13.5. The van der Waals surface area contributed by atoms with Gasteiger partial charge in [0.2, 0.25) is 15.9 Å². The van der Waals surface area contributed by atoms with E-state index in [0.717, 1.165) is 23.3 Å². The standard InChI is InChI=1S/C32H36F3N5O6S/c1-21-16-23-7-6-22(21)8-15-47(44,45)40-12-9-31(10-13-40)30(43)37-28(38-31)24-17-25(32(33,34)35)19-26(18-24)46-14-5-3-4-11-36-27(41)20-39(2)29(23)42/h4,6-7,11,16-19H,3,5,8-10,12-15,20H2,1-2H3,(H,36,41)(H,37,38,43)/b11-4-. The number of carbonyl (C=O) groups excluding carboxylic acids is 3. The minimum atomic E-state index is -4.69. The van der Waals surface area contributed by atoms with Gasteiger partial charge in [-0.2, -0.15) is 13.2 Å². The number of rotatable bonds is 0. The van der Waals surface area contributed by atoms with Crippen molar-refractivity contribution >= 4 is 33.6 Å². The molecule has 0 aromatic heterocycles. The molecule has 7 rings (SSSR count). The average molecular weight is 676 g/mol. The van der Waals surface area contributed by atoms with Gasteiger partial charge in [-0.15, -0.1) is 0 Å². The number of hydrogen-bond donors (Lipinski definition) is 2. The maximum absolute atomic E-state index is 13.8. The van der Waals surface area contributed by atoms with Crippen LogP contribution in [0.25, 0.3) is 0 Å². The zero-order valence-corrected chi connectivity index (χ0v) is 26.8. The molecule has 5 heterocycles. The molecule has 3 amide bonds. The normalized spacial score (nSPS) is 25.0. The zero-order valence-electron chi connectivity index (χ0n) is 26.0. The number of nitrogens with zero attached hydrogens (tertiary/aromatic N) is 3. The molecule has 47 heavy (non-hydrogen) atoms. The molecule has 7 bridgehead atoms. The molecule has 1 saturated heterocycles. The van der Waals surface area contributed by atoms with E-state index in [1.807, 2.05) is 0 Å². The van der Waals surface area contributed by atoms with Crippen LogP contribution in [0.2, 0.25) is 0 Å². The summed E-state index contributed by atoms with van der Waals surface area (Å²) in [5, 5.41) is 5.20. The molecule has 2 N–H and O–H groups in total. The van der Waals surface area contributed by atoms with E-state index in [1.54, 1.807) is 31.2 Å². The van der Waals surface area contributed by atoms with Gasteiger partial charge in [0.05, 0.1) is 24.5 Å². The molecule has 0 unspecified atom stereocenters. The van der Waals surface area contributed by atoms with Crippen LogP contribution in [-0.4, -0.2) is 85.8 Å². The summed E-state index contributed by atoms with van der Waals surface area (Å²) in [7, 11) is -2.23. The number of amidine groups is 1. The van der Waals surface area contributed by atoms with Crippen LogP contribution in [0.3, 0.4) is 0 Å². The highest BCUT2D eigenvalue weighted by Crippen LogP contribution is 2.36. The van der Waals surface area contributed by atoms with Crippen molar-refractivity contribution in [3.8, 4) is 5.75 Å². The Morgan fingerprint density at radius 3 is 2.47 bits per heavy atom. The van der Waals surface area contributed by atoms with Crippen LogP contribution in [0.1, 0.15) is 58.3 Å². The number of ether oxygens (including phenoxy) is 1. The summed E-state index contributed by atoms with van der Waals surface area (Å²) < 4.78 is 74.9. The summed E-state index contributed by atoms with van der Waals surface area (Å²) in [6.07, 6.45) is -0.384. The van der Waals surface area contributed by atoms with Gasteiger partial charge in [0, 0.05) is 31.3 Å². The fourth-order valence-electron chi connectivity index (χ4n) is 5.77. The number of sulfonamides is 1. The molecule has 5 aliphatic heterocycles. The smallest absolute Gasteiger partial charge is 0.416 e. The number of nitrogens with one attached hydrogen (secondary N) is 2. The van der Waals surface area contributed by atoms with Crippen LogP contribution in [0.5, 0.6) is 5.75 Å². The number of hydrogen-bond acceptors (Lipinski definition) is 7. The third kappa shape index (κ3) is 7.84. The highest BCUT2D eigenvalue weighted by Gasteiger charge is 2.47. The Labute approximate surface area is 270 Å². The number of aliphatic imine (C=N–C) groups is 1. The molecule has 0 atom stereocenters. The Balaban J connectivity index is 1.41. The number of allylic oxidation sites excluding steroid dienone is 1.